The van der Waals surface area contributed by atoms with Gasteiger partial charge in [-0.05, 0) is 48.7 Å². The molecule has 138 valence electrons. The van der Waals surface area contributed by atoms with E-state index in [1.54, 1.807) is 31.6 Å². The van der Waals surface area contributed by atoms with E-state index in [0.29, 0.717) is 6.54 Å². The van der Waals surface area contributed by atoms with Crippen molar-refractivity contribution >= 4 is 17.3 Å². The zero-order valence-corrected chi connectivity index (χ0v) is 15.0. The lowest BCUT2D eigenvalue weighted by Crippen LogP contribution is -2.31. The zero-order chi connectivity index (χ0) is 18.8. The normalized spacial score (nSPS) is 16.5. The Hall–Kier alpha value is -3.15. The van der Waals surface area contributed by atoms with Crippen molar-refractivity contribution in [3.05, 3.63) is 72.6 Å². The van der Waals surface area contributed by atoms with E-state index < -0.39 is 0 Å². The molecular formula is C21H20FN3O2. The lowest BCUT2D eigenvalue weighted by atomic mass is 10.00. The van der Waals surface area contributed by atoms with Crippen LogP contribution in [0.5, 0.6) is 5.75 Å². The average molecular weight is 365 g/mol. The molecule has 27 heavy (non-hydrogen) atoms. The molecule has 0 amide bonds. The summed E-state index contributed by atoms with van der Waals surface area (Å²) in [7, 11) is 1.63. The van der Waals surface area contributed by atoms with Crippen LogP contribution in [-0.2, 0) is 6.42 Å². The third kappa shape index (κ3) is 3.43. The molecule has 1 unspecified atom stereocenters. The Morgan fingerprint density at radius 2 is 2.04 bits per heavy atom. The summed E-state index contributed by atoms with van der Waals surface area (Å²) in [6.45, 7) is 0.503. The van der Waals surface area contributed by atoms with Crippen LogP contribution in [0.2, 0.25) is 0 Å². The van der Waals surface area contributed by atoms with Crippen LogP contribution >= 0.6 is 0 Å². The number of hydrogen-bond acceptors (Lipinski definition) is 4. The maximum Gasteiger partial charge on any atom is 0.236 e. The Balaban J connectivity index is 1.75. The molecule has 0 saturated carbocycles. The molecule has 5 nitrogen and oxygen atoms in total. The van der Waals surface area contributed by atoms with Crippen molar-refractivity contribution in [1.29, 1.82) is 0 Å². The van der Waals surface area contributed by atoms with Gasteiger partial charge >= 0.3 is 0 Å². The number of carbonyl (C=O) groups excluding carboxylic acids is 1. The van der Waals surface area contributed by atoms with E-state index in [-0.39, 0.29) is 17.6 Å². The van der Waals surface area contributed by atoms with E-state index in [2.05, 4.69) is 9.88 Å². The van der Waals surface area contributed by atoms with Crippen molar-refractivity contribution in [3.63, 3.8) is 0 Å². The molecule has 1 aromatic heterocycles. The maximum absolute atomic E-state index is 13.4. The van der Waals surface area contributed by atoms with Gasteiger partial charge in [-0.2, -0.15) is 0 Å². The van der Waals surface area contributed by atoms with Gasteiger partial charge in [-0.1, -0.05) is 6.07 Å². The molecule has 1 aliphatic heterocycles. The van der Waals surface area contributed by atoms with Gasteiger partial charge in [0.15, 0.2) is 0 Å². The van der Waals surface area contributed by atoms with Gasteiger partial charge in [-0.15, -0.1) is 0 Å². The summed E-state index contributed by atoms with van der Waals surface area (Å²) in [5, 5.41) is 0. The minimum atomic E-state index is -0.287. The minimum Gasteiger partial charge on any atom is -0.497 e. The second kappa shape index (κ2) is 7.23. The predicted molar refractivity (Wildman–Crippen MR) is 101 cm³/mol. The van der Waals surface area contributed by atoms with Crippen LogP contribution in [-0.4, -0.2) is 29.1 Å². The van der Waals surface area contributed by atoms with E-state index in [1.807, 2.05) is 18.2 Å². The number of aromatic nitrogens is 2. The third-order valence-electron chi connectivity index (χ3n) is 4.99. The molecule has 0 saturated heterocycles. The van der Waals surface area contributed by atoms with Gasteiger partial charge in [0.1, 0.15) is 17.9 Å². The molecular weight excluding hydrogens is 345 g/mol. The van der Waals surface area contributed by atoms with Gasteiger partial charge < -0.3 is 9.64 Å². The second-order valence-electron chi connectivity index (χ2n) is 6.63. The van der Waals surface area contributed by atoms with Crippen LogP contribution in [0.4, 0.5) is 15.8 Å². The van der Waals surface area contributed by atoms with Crippen molar-refractivity contribution in [2.24, 2.45) is 5.92 Å². The van der Waals surface area contributed by atoms with Gasteiger partial charge in [0.25, 0.3) is 0 Å². The monoisotopic (exact) mass is 365 g/mol. The van der Waals surface area contributed by atoms with Gasteiger partial charge in [-0.25, -0.2) is 9.37 Å². The topological polar surface area (TPSA) is 47.4 Å². The van der Waals surface area contributed by atoms with Crippen molar-refractivity contribution in [2.75, 3.05) is 18.6 Å². The number of hydrogen-bond donors (Lipinski definition) is 0. The largest absolute Gasteiger partial charge is 0.497 e. The van der Waals surface area contributed by atoms with Gasteiger partial charge in [0.05, 0.1) is 13.0 Å². The molecule has 1 atom stereocenters. The van der Waals surface area contributed by atoms with Crippen LogP contribution in [0.15, 0.2) is 61.2 Å². The molecule has 3 aromatic rings. The fourth-order valence-corrected chi connectivity index (χ4v) is 3.54. The van der Waals surface area contributed by atoms with Crippen LogP contribution in [0.25, 0.3) is 0 Å². The molecule has 6 heteroatoms. The summed E-state index contributed by atoms with van der Waals surface area (Å²) in [5.74, 6) is 0.271. The Labute approximate surface area is 157 Å². The number of rotatable bonds is 3. The van der Waals surface area contributed by atoms with Crippen molar-refractivity contribution in [2.45, 2.75) is 12.8 Å². The number of carbonyl (C=O) groups is 1. The van der Waals surface area contributed by atoms with Crippen molar-refractivity contribution in [1.82, 2.24) is 9.55 Å². The average Bonchev–Trinajstić information content (AvgIpc) is 3.17. The second-order valence-corrected chi connectivity index (χ2v) is 6.63. The number of imidazole rings is 1. The number of fused-ring (bicyclic) bond motifs is 1. The highest BCUT2D eigenvalue weighted by atomic mass is 19.1. The number of methoxy groups -OCH3 is 1. The smallest absolute Gasteiger partial charge is 0.236 e. The highest BCUT2D eigenvalue weighted by Crippen LogP contribution is 2.37. The minimum absolute atomic E-state index is 0.0133. The number of nitrogens with zero attached hydrogens (tertiary/aromatic N) is 3. The number of ether oxygens (including phenoxy) is 1. The summed E-state index contributed by atoms with van der Waals surface area (Å²) in [6, 6.07) is 12.3. The number of anilines is 2. The van der Waals surface area contributed by atoms with Gasteiger partial charge in [0, 0.05) is 36.4 Å². The summed E-state index contributed by atoms with van der Waals surface area (Å²) >= 11 is 0. The van der Waals surface area contributed by atoms with Gasteiger partial charge in [-0.3, -0.25) is 9.36 Å². The zero-order valence-electron chi connectivity index (χ0n) is 15.0. The van der Waals surface area contributed by atoms with Crippen LogP contribution in [0, 0.1) is 11.7 Å². The number of aryl methyl sites for hydroxylation is 1. The first kappa shape index (κ1) is 17.3. The molecule has 2 aromatic carbocycles. The third-order valence-corrected chi connectivity index (χ3v) is 4.99. The molecule has 1 aliphatic rings. The van der Waals surface area contributed by atoms with E-state index in [1.165, 1.54) is 23.0 Å². The molecule has 4 rings (SSSR count). The molecule has 2 heterocycles. The van der Waals surface area contributed by atoms with Crippen molar-refractivity contribution in [3.8, 4) is 5.75 Å². The predicted octanol–water partition coefficient (Wildman–Crippen LogP) is 4.07. The Bertz CT molecular complexity index is 939. The molecule has 0 N–H and O–H groups in total. The van der Waals surface area contributed by atoms with Gasteiger partial charge in [0.2, 0.25) is 5.91 Å². The Kier molecular flexibility index (Phi) is 4.62. The fourth-order valence-electron chi connectivity index (χ4n) is 3.54. The molecule has 0 radical (unpaired) electrons. The first-order chi connectivity index (χ1) is 13.2. The summed E-state index contributed by atoms with van der Waals surface area (Å²) in [4.78, 5) is 19.0. The first-order valence-corrected chi connectivity index (χ1v) is 8.88. The first-order valence-electron chi connectivity index (χ1n) is 8.88. The fraction of sp³-hybridized carbons (Fsp3) is 0.238. The Morgan fingerprint density at radius 1 is 1.22 bits per heavy atom. The molecule has 0 bridgehead atoms. The molecule has 0 aliphatic carbocycles. The lowest BCUT2D eigenvalue weighted by Gasteiger charge is -2.28. The molecule has 0 fully saturated rings. The standard InChI is InChI=1S/C21H20FN3O2/c1-27-19-9-4-15-2-3-16(21(26)24-11-10-23-14-24)13-25(20(15)12-19)18-7-5-17(22)6-8-18/h4-12,14,16H,2-3,13H2,1H3. The van der Waals surface area contributed by atoms with E-state index >= 15 is 0 Å². The maximum atomic E-state index is 13.4. The quantitative estimate of drug-likeness (QED) is 0.702. The van der Waals surface area contributed by atoms with E-state index in [0.717, 1.165) is 35.5 Å². The van der Waals surface area contributed by atoms with Crippen LogP contribution in [0.3, 0.4) is 0 Å². The SMILES string of the molecule is COc1ccc2c(c1)N(c1ccc(F)cc1)CC(C(=O)n1ccnc1)CC2. The summed E-state index contributed by atoms with van der Waals surface area (Å²) in [6.07, 6.45) is 6.32. The highest BCUT2D eigenvalue weighted by molar-refractivity contribution is 5.83. The summed E-state index contributed by atoms with van der Waals surface area (Å²) < 4.78 is 20.4. The molecule has 0 spiro atoms. The van der Waals surface area contributed by atoms with E-state index in [9.17, 15) is 9.18 Å². The van der Waals surface area contributed by atoms with E-state index in [4.69, 9.17) is 4.74 Å². The van der Waals surface area contributed by atoms with Crippen LogP contribution in [0.1, 0.15) is 16.8 Å². The highest BCUT2D eigenvalue weighted by Gasteiger charge is 2.28. The number of benzene rings is 2. The summed E-state index contributed by atoms with van der Waals surface area (Å²) in [5.41, 5.74) is 2.97. The van der Waals surface area contributed by atoms with Crippen molar-refractivity contribution < 1.29 is 13.9 Å². The number of halogens is 1. The van der Waals surface area contributed by atoms with Crippen LogP contribution < -0.4 is 9.64 Å². The Morgan fingerprint density at radius 3 is 2.74 bits per heavy atom. The lowest BCUT2D eigenvalue weighted by molar-refractivity contribution is 0.0833.